The first-order valence-corrected chi connectivity index (χ1v) is 6.73. The molecule has 0 amide bonds. The molecule has 0 radical (unpaired) electrons. The van der Waals surface area contributed by atoms with Crippen LogP contribution in [0.25, 0.3) is 5.57 Å². The van der Waals surface area contributed by atoms with Crippen molar-refractivity contribution in [1.82, 2.24) is 0 Å². The van der Waals surface area contributed by atoms with Crippen LogP contribution in [0.3, 0.4) is 0 Å². The molecule has 2 heteroatoms. The molecule has 0 fully saturated rings. The van der Waals surface area contributed by atoms with Crippen LogP contribution in [0.2, 0.25) is 5.02 Å². The van der Waals surface area contributed by atoms with Gasteiger partial charge in [-0.05, 0) is 48.4 Å². The fourth-order valence-electron chi connectivity index (χ4n) is 2.52. The molecule has 0 nitrogen and oxygen atoms in total. The Bertz CT molecular complexity index is 423. The molecule has 92 valence electrons. The van der Waals surface area contributed by atoms with Gasteiger partial charge in [0.1, 0.15) is 5.82 Å². The summed E-state index contributed by atoms with van der Waals surface area (Å²) < 4.78 is 13.4. The zero-order valence-corrected chi connectivity index (χ0v) is 10.9. The van der Waals surface area contributed by atoms with E-state index >= 15 is 0 Å². The molecule has 1 atom stereocenters. The molecule has 1 aromatic rings. The minimum absolute atomic E-state index is 0.203. The summed E-state index contributed by atoms with van der Waals surface area (Å²) in [6, 6.07) is 5.11. The summed E-state index contributed by atoms with van der Waals surface area (Å²) in [4.78, 5) is 0. The smallest absolute Gasteiger partial charge is 0.142 e. The third-order valence-electron chi connectivity index (χ3n) is 3.51. The van der Waals surface area contributed by atoms with Crippen LogP contribution in [0, 0.1) is 11.7 Å². The van der Waals surface area contributed by atoms with Gasteiger partial charge in [-0.1, -0.05) is 43.5 Å². The minimum Gasteiger partial charge on any atom is -0.205 e. The van der Waals surface area contributed by atoms with E-state index in [9.17, 15) is 4.39 Å². The van der Waals surface area contributed by atoms with E-state index in [1.165, 1.54) is 24.8 Å². The van der Waals surface area contributed by atoms with Crippen LogP contribution < -0.4 is 0 Å². The van der Waals surface area contributed by atoms with Gasteiger partial charge in [-0.3, -0.25) is 0 Å². The van der Waals surface area contributed by atoms with Gasteiger partial charge < -0.3 is 0 Å². The van der Waals surface area contributed by atoms with E-state index in [4.69, 9.17) is 11.6 Å². The van der Waals surface area contributed by atoms with Crippen LogP contribution >= 0.6 is 11.6 Å². The Hall–Kier alpha value is -0.820. The van der Waals surface area contributed by atoms with E-state index in [1.807, 2.05) is 6.07 Å². The summed E-state index contributed by atoms with van der Waals surface area (Å²) in [5, 5.41) is 0.203. The minimum atomic E-state index is -0.319. The first kappa shape index (κ1) is 12.6. The molecule has 1 aromatic carbocycles. The second kappa shape index (κ2) is 5.68. The third kappa shape index (κ3) is 3.10. The van der Waals surface area contributed by atoms with Crippen LogP contribution in [0.4, 0.5) is 4.39 Å². The standard InChI is InChI=1S/C15H18ClF/c1-2-3-11-4-6-12(7-5-11)13-8-9-14(16)15(17)10-13/h6,8-11H,2-5,7H2,1H3/t11-/m0/s1. The molecule has 0 saturated heterocycles. The van der Waals surface area contributed by atoms with Gasteiger partial charge in [-0.15, -0.1) is 0 Å². The lowest BCUT2D eigenvalue weighted by atomic mass is 9.84. The predicted octanol–water partition coefficient (Wildman–Crippen LogP) is 5.46. The van der Waals surface area contributed by atoms with Gasteiger partial charge in [0.15, 0.2) is 0 Å². The van der Waals surface area contributed by atoms with Crippen LogP contribution in [0.15, 0.2) is 24.3 Å². The van der Waals surface area contributed by atoms with Crippen molar-refractivity contribution in [2.45, 2.75) is 39.0 Å². The monoisotopic (exact) mass is 252 g/mol. The molecule has 0 N–H and O–H groups in total. The van der Waals surface area contributed by atoms with Gasteiger partial charge in [-0.25, -0.2) is 4.39 Å². The molecule has 0 unspecified atom stereocenters. The predicted molar refractivity (Wildman–Crippen MR) is 71.6 cm³/mol. The zero-order chi connectivity index (χ0) is 12.3. The second-order valence-electron chi connectivity index (χ2n) is 4.79. The number of rotatable bonds is 3. The molecule has 0 spiro atoms. The highest BCUT2D eigenvalue weighted by atomic mass is 35.5. The Morgan fingerprint density at radius 2 is 2.24 bits per heavy atom. The Morgan fingerprint density at radius 1 is 1.41 bits per heavy atom. The molecule has 0 aliphatic heterocycles. The Labute approximate surface area is 107 Å². The maximum Gasteiger partial charge on any atom is 0.142 e. The van der Waals surface area contributed by atoms with Crippen LogP contribution in [-0.4, -0.2) is 0 Å². The first-order valence-electron chi connectivity index (χ1n) is 6.35. The summed E-state index contributed by atoms with van der Waals surface area (Å²) in [5.41, 5.74) is 2.26. The summed E-state index contributed by atoms with van der Waals surface area (Å²) in [5.74, 6) is 0.502. The molecule has 17 heavy (non-hydrogen) atoms. The van der Waals surface area contributed by atoms with E-state index in [-0.39, 0.29) is 10.8 Å². The maximum atomic E-state index is 13.4. The highest BCUT2D eigenvalue weighted by Gasteiger charge is 2.15. The normalized spacial score (nSPS) is 20.2. The van der Waals surface area contributed by atoms with Crippen LogP contribution in [0.1, 0.15) is 44.6 Å². The Balaban J connectivity index is 2.11. The van der Waals surface area contributed by atoms with E-state index in [2.05, 4.69) is 13.0 Å². The Kier molecular flexibility index (Phi) is 4.22. The number of halogens is 2. The van der Waals surface area contributed by atoms with Crippen molar-refractivity contribution < 1.29 is 4.39 Å². The molecule has 1 aliphatic rings. The molecule has 0 saturated carbocycles. The number of hydrogen-bond donors (Lipinski definition) is 0. The summed E-state index contributed by atoms with van der Waals surface area (Å²) in [7, 11) is 0. The van der Waals surface area contributed by atoms with Gasteiger partial charge in [-0.2, -0.15) is 0 Å². The van der Waals surface area contributed by atoms with E-state index in [1.54, 1.807) is 12.1 Å². The topological polar surface area (TPSA) is 0 Å². The largest absolute Gasteiger partial charge is 0.205 e. The first-order chi connectivity index (χ1) is 8.20. The summed E-state index contributed by atoms with van der Waals surface area (Å²) in [6.45, 7) is 2.23. The molecule has 2 rings (SSSR count). The highest BCUT2D eigenvalue weighted by Crippen LogP contribution is 2.33. The van der Waals surface area contributed by atoms with Crippen molar-refractivity contribution in [3.05, 3.63) is 40.7 Å². The molecular formula is C15H18ClF. The average Bonchev–Trinajstić information content (AvgIpc) is 2.34. The number of hydrogen-bond acceptors (Lipinski definition) is 0. The van der Waals surface area contributed by atoms with Crippen molar-refractivity contribution in [3.63, 3.8) is 0 Å². The summed E-state index contributed by atoms with van der Waals surface area (Å²) >= 11 is 5.69. The quantitative estimate of drug-likeness (QED) is 0.670. The van der Waals surface area contributed by atoms with Gasteiger partial charge in [0.05, 0.1) is 5.02 Å². The lowest BCUT2D eigenvalue weighted by Crippen LogP contribution is -2.05. The zero-order valence-electron chi connectivity index (χ0n) is 10.2. The van der Waals surface area contributed by atoms with Crippen LogP contribution in [-0.2, 0) is 0 Å². The summed E-state index contributed by atoms with van der Waals surface area (Å²) in [6.07, 6.45) is 8.25. The van der Waals surface area contributed by atoms with Gasteiger partial charge >= 0.3 is 0 Å². The molecule has 0 heterocycles. The van der Waals surface area contributed by atoms with Crippen molar-refractivity contribution in [2.75, 3.05) is 0 Å². The van der Waals surface area contributed by atoms with Crippen LogP contribution in [0.5, 0.6) is 0 Å². The van der Waals surface area contributed by atoms with Crippen molar-refractivity contribution >= 4 is 17.2 Å². The Morgan fingerprint density at radius 3 is 2.82 bits per heavy atom. The van der Waals surface area contributed by atoms with Crippen molar-refractivity contribution in [2.24, 2.45) is 5.92 Å². The van der Waals surface area contributed by atoms with Crippen molar-refractivity contribution in [1.29, 1.82) is 0 Å². The van der Waals surface area contributed by atoms with E-state index in [0.717, 1.165) is 24.3 Å². The maximum absolute atomic E-state index is 13.4. The lowest BCUT2D eigenvalue weighted by molar-refractivity contribution is 0.445. The highest BCUT2D eigenvalue weighted by molar-refractivity contribution is 6.30. The van der Waals surface area contributed by atoms with Gasteiger partial charge in [0, 0.05) is 0 Å². The van der Waals surface area contributed by atoms with Crippen molar-refractivity contribution in [3.8, 4) is 0 Å². The third-order valence-corrected chi connectivity index (χ3v) is 3.81. The second-order valence-corrected chi connectivity index (χ2v) is 5.19. The number of allylic oxidation sites excluding steroid dienone is 2. The van der Waals surface area contributed by atoms with Gasteiger partial charge in [0.25, 0.3) is 0 Å². The fraction of sp³-hybridized carbons (Fsp3) is 0.467. The molecule has 1 aliphatic carbocycles. The van der Waals surface area contributed by atoms with E-state index in [0.29, 0.717) is 0 Å². The van der Waals surface area contributed by atoms with E-state index < -0.39 is 0 Å². The SMILES string of the molecule is CCC[C@H]1CC=C(c2ccc(Cl)c(F)c2)CC1. The molecule has 0 aromatic heterocycles. The number of benzene rings is 1. The molecule has 0 bridgehead atoms. The fourth-order valence-corrected chi connectivity index (χ4v) is 2.63. The molecular weight excluding hydrogens is 235 g/mol. The average molecular weight is 253 g/mol. The lowest BCUT2D eigenvalue weighted by Gasteiger charge is -2.21. The van der Waals surface area contributed by atoms with Gasteiger partial charge in [0.2, 0.25) is 0 Å².